The number of hydrogen-bond donors (Lipinski definition) is 0. The van der Waals surface area contributed by atoms with Crippen LogP contribution in [-0.4, -0.2) is 32.8 Å². The zero-order valence-corrected chi connectivity index (χ0v) is 18.7. The third-order valence-electron chi connectivity index (χ3n) is 4.47. The van der Waals surface area contributed by atoms with Gasteiger partial charge in [0.2, 0.25) is 0 Å². The molecular weight excluding hydrogens is 436 g/mol. The molecule has 9 heteroatoms. The normalized spacial score (nSPS) is 10.8. The highest BCUT2D eigenvalue weighted by Gasteiger charge is 2.17. The molecule has 0 radical (unpaired) electrons. The summed E-state index contributed by atoms with van der Waals surface area (Å²) < 4.78 is 12.3. The van der Waals surface area contributed by atoms with Gasteiger partial charge in [0, 0.05) is 16.6 Å². The first-order valence-corrected chi connectivity index (χ1v) is 10.7. The molecule has 4 rings (SSSR count). The summed E-state index contributed by atoms with van der Waals surface area (Å²) in [6, 6.07) is 12.9. The van der Waals surface area contributed by atoms with E-state index in [4.69, 9.17) is 21.1 Å². The lowest BCUT2D eigenvalue weighted by Gasteiger charge is -2.08. The molecule has 0 aliphatic heterocycles. The lowest BCUT2D eigenvalue weighted by atomic mass is 10.2. The summed E-state index contributed by atoms with van der Waals surface area (Å²) in [7, 11) is 1.62. The second-order valence-corrected chi connectivity index (χ2v) is 8.06. The van der Waals surface area contributed by atoms with Crippen LogP contribution in [0.1, 0.15) is 27.6 Å². The topological polar surface area (TPSA) is 79.1 Å². The molecule has 0 saturated carbocycles. The Bertz CT molecular complexity index is 1250. The van der Waals surface area contributed by atoms with Crippen molar-refractivity contribution in [2.24, 2.45) is 0 Å². The molecule has 0 amide bonds. The van der Waals surface area contributed by atoms with Crippen molar-refractivity contribution in [2.45, 2.75) is 20.5 Å². The van der Waals surface area contributed by atoms with Gasteiger partial charge in [-0.25, -0.2) is 19.4 Å². The van der Waals surface area contributed by atoms with Gasteiger partial charge in [-0.1, -0.05) is 23.7 Å². The lowest BCUT2D eigenvalue weighted by Crippen LogP contribution is -2.11. The fourth-order valence-electron chi connectivity index (χ4n) is 3.02. The molecule has 31 heavy (non-hydrogen) atoms. The number of aryl methyl sites for hydroxylation is 2. The standard InChI is InChI=1S/C22H19ClN4O3S/c1-13-9-14(2)27(26-13)19-8-7-18(23)20(25-19)22(28)30-11-16-12-31-21(24-16)15-5-4-6-17(10-15)29-3/h4-10,12H,11H2,1-3H3. The molecule has 0 aliphatic rings. The number of aromatic nitrogens is 4. The van der Waals surface area contributed by atoms with Gasteiger partial charge in [0.25, 0.3) is 0 Å². The quantitative estimate of drug-likeness (QED) is 0.380. The largest absolute Gasteiger partial charge is 0.497 e. The van der Waals surface area contributed by atoms with Crippen molar-refractivity contribution in [3.8, 4) is 22.1 Å². The monoisotopic (exact) mass is 454 g/mol. The molecule has 7 nitrogen and oxygen atoms in total. The first kappa shape index (κ1) is 21.0. The molecule has 0 aliphatic carbocycles. The fourth-order valence-corrected chi connectivity index (χ4v) is 4.01. The zero-order valence-electron chi connectivity index (χ0n) is 17.1. The van der Waals surface area contributed by atoms with Gasteiger partial charge in [0.05, 0.1) is 23.5 Å². The second-order valence-electron chi connectivity index (χ2n) is 6.79. The highest BCUT2D eigenvalue weighted by molar-refractivity contribution is 7.13. The lowest BCUT2D eigenvalue weighted by molar-refractivity contribution is 0.0461. The number of hydrogen-bond acceptors (Lipinski definition) is 7. The first-order chi connectivity index (χ1) is 14.9. The predicted octanol–water partition coefficient (Wildman–Crippen LogP) is 5.03. The minimum Gasteiger partial charge on any atom is -0.497 e. The number of halogens is 1. The SMILES string of the molecule is COc1cccc(-c2nc(COC(=O)c3nc(-n4nc(C)cc4C)ccc3Cl)cs2)c1. The number of pyridine rings is 1. The number of thiazole rings is 1. The maximum absolute atomic E-state index is 12.6. The van der Waals surface area contributed by atoms with Crippen LogP contribution in [0.15, 0.2) is 47.8 Å². The summed E-state index contributed by atoms with van der Waals surface area (Å²) in [6.45, 7) is 3.82. The zero-order chi connectivity index (χ0) is 22.0. The van der Waals surface area contributed by atoms with Crippen molar-refractivity contribution >= 4 is 28.9 Å². The average molecular weight is 455 g/mol. The van der Waals surface area contributed by atoms with Gasteiger partial charge in [0.1, 0.15) is 17.4 Å². The van der Waals surface area contributed by atoms with Crippen LogP contribution < -0.4 is 4.74 Å². The molecule has 0 unspecified atom stereocenters. The van der Waals surface area contributed by atoms with Gasteiger partial charge >= 0.3 is 5.97 Å². The van der Waals surface area contributed by atoms with Gasteiger partial charge in [-0.05, 0) is 44.2 Å². The summed E-state index contributed by atoms with van der Waals surface area (Å²) in [5.41, 5.74) is 3.37. The number of methoxy groups -OCH3 is 1. The van der Waals surface area contributed by atoms with Crippen molar-refractivity contribution < 1.29 is 14.3 Å². The molecule has 0 spiro atoms. The van der Waals surface area contributed by atoms with E-state index >= 15 is 0 Å². The predicted molar refractivity (Wildman–Crippen MR) is 119 cm³/mol. The summed E-state index contributed by atoms with van der Waals surface area (Å²) in [5, 5.41) is 7.27. The van der Waals surface area contributed by atoms with Crippen molar-refractivity contribution in [3.63, 3.8) is 0 Å². The molecule has 0 bridgehead atoms. The Morgan fingerprint density at radius 2 is 2.00 bits per heavy atom. The molecule has 158 valence electrons. The van der Waals surface area contributed by atoms with E-state index in [-0.39, 0.29) is 17.3 Å². The number of nitrogens with zero attached hydrogens (tertiary/aromatic N) is 4. The van der Waals surface area contributed by atoms with Crippen molar-refractivity contribution in [1.29, 1.82) is 0 Å². The maximum Gasteiger partial charge on any atom is 0.358 e. The molecule has 3 aromatic heterocycles. The molecule has 4 aromatic rings. The van der Waals surface area contributed by atoms with E-state index in [1.54, 1.807) is 23.9 Å². The molecular formula is C22H19ClN4O3S. The van der Waals surface area contributed by atoms with Gasteiger partial charge < -0.3 is 9.47 Å². The van der Waals surface area contributed by atoms with Crippen LogP contribution >= 0.6 is 22.9 Å². The average Bonchev–Trinajstić information content (AvgIpc) is 3.38. The first-order valence-electron chi connectivity index (χ1n) is 9.40. The third-order valence-corrected chi connectivity index (χ3v) is 5.72. The van der Waals surface area contributed by atoms with E-state index in [2.05, 4.69) is 15.1 Å². The van der Waals surface area contributed by atoms with E-state index in [9.17, 15) is 4.79 Å². The van der Waals surface area contributed by atoms with Gasteiger partial charge in [-0.3, -0.25) is 0 Å². The van der Waals surface area contributed by atoms with E-state index in [1.165, 1.54) is 11.3 Å². The van der Waals surface area contributed by atoms with Gasteiger partial charge in [-0.15, -0.1) is 11.3 Å². The minimum atomic E-state index is -0.621. The van der Waals surface area contributed by atoms with Crippen molar-refractivity contribution in [1.82, 2.24) is 19.7 Å². The second kappa shape index (κ2) is 8.87. The highest BCUT2D eigenvalue weighted by Crippen LogP contribution is 2.27. The summed E-state index contributed by atoms with van der Waals surface area (Å²) in [4.78, 5) is 21.5. The Balaban J connectivity index is 1.49. The van der Waals surface area contributed by atoms with Crippen LogP contribution in [0, 0.1) is 13.8 Å². The third kappa shape index (κ3) is 4.60. The van der Waals surface area contributed by atoms with Crippen LogP contribution in [0.2, 0.25) is 5.02 Å². The van der Waals surface area contributed by atoms with Crippen LogP contribution in [0.3, 0.4) is 0 Å². The Kier molecular flexibility index (Phi) is 6.01. The van der Waals surface area contributed by atoms with Crippen molar-refractivity contribution in [3.05, 3.63) is 75.6 Å². The van der Waals surface area contributed by atoms with Gasteiger partial charge in [0.15, 0.2) is 11.5 Å². The summed E-state index contributed by atoms with van der Waals surface area (Å²) in [6.07, 6.45) is 0. The maximum atomic E-state index is 12.6. The molecule has 3 heterocycles. The fraction of sp³-hybridized carbons (Fsp3) is 0.182. The molecule has 0 fully saturated rings. The highest BCUT2D eigenvalue weighted by atomic mass is 35.5. The smallest absolute Gasteiger partial charge is 0.358 e. The van der Waals surface area contributed by atoms with Crippen LogP contribution in [-0.2, 0) is 11.3 Å². The summed E-state index contributed by atoms with van der Waals surface area (Å²) >= 11 is 7.66. The van der Waals surface area contributed by atoms with E-state index in [1.807, 2.05) is 49.6 Å². The molecule has 0 saturated heterocycles. The van der Waals surface area contributed by atoms with E-state index in [0.29, 0.717) is 11.5 Å². The Morgan fingerprint density at radius 1 is 1.16 bits per heavy atom. The van der Waals surface area contributed by atoms with Gasteiger partial charge in [-0.2, -0.15) is 5.10 Å². The Labute approximate surface area is 188 Å². The number of carbonyl (C=O) groups excluding carboxylic acids is 1. The molecule has 0 atom stereocenters. The van der Waals surface area contributed by atoms with Crippen LogP contribution in [0.5, 0.6) is 5.75 Å². The number of esters is 1. The molecule has 0 N–H and O–H groups in total. The molecule has 1 aromatic carbocycles. The van der Waals surface area contributed by atoms with Crippen LogP contribution in [0.25, 0.3) is 16.4 Å². The Morgan fingerprint density at radius 3 is 2.74 bits per heavy atom. The number of rotatable bonds is 6. The van der Waals surface area contributed by atoms with Crippen molar-refractivity contribution in [2.75, 3.05) is 7.11 Å². The van der Waals surface area contributed by atoms with E-state index in [0.717, 1.165) is 27.7 Å². The van der Waals surface area contributed by atoms with Crippen LogP contribution in [0.4, 0.5) is 0 Å². The van der Waals surface area contributed by atoms with E-state index < -0.39 is 5.97 Å². The number of ether oxygens (including phenoxy) is 2. The summed E-state index contributed by atoms with van der Waals surface area (Å²) in [5.74, 6) is 0.629. The Hall–Kier alpha value is -3.23. The minimum absolute atomic E-state index is 0.0153. The number of benzene rings is 1. The number of carbonyl (C=O) groups is 1.